The van der Waals surface area contributed by atoms with Gasteiger partial charge in [0.05, 0.1) is 35.4 Å². The van der Waals surface area contributed by atoms with Crippen LogP contribution in [0, 0.1) is 0 Å². The number of phenolic OH excluding ortho intramolecular Hbond substituents is 1. The summed E-state index contributed by atoms with van der Waals surface area (Å²) in [5, 5.41) is 23.6. The number of nitrogens with zero attached hydrogens (tertiary/aromatic N) is 11. The Balaban J connectivity index is 1.12. The third-order valence-corrected chi connectivity index (χ3v) is 12.5. The Morgan fingerprint density at radius 3 is 1.68 bits per heavy atom. The molecule has 8 rings (SSSR count). The highest BCUT2D eigenvalue weighted by atomic mass is 16.5. The number of methoxy groups -OCH3 is 1. The van der Waals surface area contributed by atoms with E-state index in [0.717, 1.165) is 27.7 Å². The van der Waals surface area contributed by atoms with E-state index in [1.54, 1.807) is 30.9 Å². The Morgan fingerprint density at radius 1 is 0.662 bits per heavy atom. The second kappa shape index (κ2) is 25.7. The van der Waals surface area contributed by atoms with Crippen molar-refractivity contribution >= 4 is 40.6 Å². The average molecular weight is 999 g/mol. The van der Waals surface area contributed by atoms with Crippen LogP contribution in [0.2, 0.25) is 0 Å². The summed E-state index contributed by atoms with van der Waals surface area (Å²) in [6.45, 7) is 1.75. The third kappa shape index (κ3) is 14.3. The topological polar surface area (TPSA) is 222 Å². The molecule has 0 spiro atoms. The number of pyridine rings is 4. The molecule has 0 fully saturated rings. The molecular formula is C55H58N12O7. The van der Waals surface area contributed by atoms with Gasteiger partial charge in [-0.15, -0.1) is 5.10 Å². The summed E-state index contributed by atoms with van der Waals surface area (Å²) in [7, 11) is 1.23. The van der Waals surface area contributed by atoms with Crippen molar-refractivity contribution in [2.45, 2.75) is 84.1 Å². The third-order valence-electron chi connectivity index (χ3n) is 12.5. The van der Waals surface area contributed by atoms with Gasteiger partial charge in [-0.1, -0.05) is 60.2 Å². The van der Waals surface area contributed by atoms with E-state index in [4.69, 9.17) is 4.74 Å². The first-order valence-corrected chi connectivity index (χ1v) is 24.4. The number of hydrogen-bond donors (Lipinski definition) is 2. The summed E-state index contributed by atoms with van der Waals surface area (Å²) in [6, 6.07) is 32.5. The Bertz CT molecular complexity index is 2820. The number of carbonyl (C=O) groups is 5. The zero-order valence-corrected chi connectivity index (χ0v) is 41.1. The van der Waals surface area contributed by atoms with Crippen LogP contribution in [0.5, 0.6) is 5.75 Å². The zero-order chi connectivity index (χ0) is 51.7. The highest BCUT2D eigenvalue weighted by molar-refractivity contribution is 6.12. The monoisotopic (exact) mass is 998 g/mol. The van der Waals surface area contributed by atoms with Crippen molar-refractivity contribution in [3.8, 4) is 5.75 Å². The van der Waals surface area contributed by atoms with E-state index >= 15 is 0 Å². The van der Waals surface area contributed by atoms with Gasteiger partial charge in [0.1, 0.15) is 30.5 Å². The molecular weight excluding hydrogens is 941 g/mol. The van der Waals surface area contributed by atoms with Crippen molar-refractivity contribution in [3.63, 3.8) is 0 Å². The summed E-state index contributed by atoms with van der Waals surface area (Å²) in [5.74, 6) is -2.51. The number of amides is 4. The molecule has 7 aromatic rings. The minimum Gasteiger partial charge on any atom is -0.507 e. The lowest BCUT2D eigenvalue weighted by Gasteiger charge is -2.31. The van der Waals surface area contributed by atoms with Crippen LogP contribution >= 0.6 is 0 Å². The van der Waals surface area contributed by atoms with Crippen molar-refractivity contribution in [1.29, 1.82) is 0 Å². The first-order chi connectivity index (χ1) is 36.1. The molecule has 5 aromatic heterocycles. The molecule has 0 saturated heterocycles. The number of phenols is 1. The molecule has 0 aliphatic carbocycles. The quantitative estimate of drug-likeness (QED) is 0.0400. The molecule has 19 nitrogen and oxygen atoms in total. The molecule has 380 valence electrons. The van der Waals surface area contributed by atoms with E-state index in [1.165, 1.54) is 28.8 Å². The van der Waals surface area contributed by atoms with Gasteiger partial charge in [0.2, 0.25) is 11.8 Å². The second-order valence-corrected chi connectivity index (χ2v) is 17.9. The van der Waals surface area contributed by atoms with Gasteiger partial charge >= 0.3 is 5.97 Å². The SMILES string of the molecule is COC(=O)[C@H](Cc1cc(CN(Cc2ccccn2)Cc2ccccn2)c(O)c(CN(Cc2ccccn2)Cc2ccccn2)c1)N(CC(=O)NCn1nnc2ccccc21)C(=O)CCCCCN1C(=O)C=CC1=O. The number of ether oxygens (including phenoxy) is 1. The number of aromatic nitrogens is 7. The molecule has 74 heavy (non-hydrogen) atoms. The number of imide groups is 1. The number of unbranched alkanes of at least 4 members (excludes halogenated alkanes) is 2. The number of para-hydroxylation sites is 1. The number of aromatic hydroxyl groups is 1. The van der Waals surface area contributed by atoms with Gasteiger partial charge in [-0.3, -0.25) is 53.8 Å². The van der Waals surface area contributed by atoms with Crippen molar-refractivity contribution in [2.24, 2.45) is 0 Å². The molecule has 1 atom stereocenters. The van der Waals surface area contributed by atoms with Crippen molar-refractivity contribution in [3.05, 3.63) is 186 Å². The van der Waals surface area contributed by atoms with E-state index in [1.807, 2.05) is 103 Å². The standard InChI is InChI=1S/C55H58N12O7/c1-74-55(73)49(66(51(69)21-3-2-14-28-65-52(70)22-23-53(65)71)38-50(68)60-39-67-48-20-5-4-19-47(48)61-62-67)31-40-29-41(32-63(34-43-15-6-10-24-56-43)35-44-16-7-11-25-57-44)54(72)42(30-40)33-64(36-45-17-8-12-26-58-45)37-46-18-9-13-27-59-46/h4-13,15-20,22-27,29-30,49,72H,2-3,14,21,28,31-39H2,1H3,(H,60,68)/t49-/m0/s1. The van der Waals surface area contributed by atoms with Gasteiger partial charge in [-0.2, -0.15) is 0 Å². The highest BCUT2D eigenvalue weighted by Crippen LogP contribution is 2.31. The molecule has 4 amide bonds. The maximum absolute atomic E-state index is 14.5. The van der Waals surface area contributed by atoms with Crippen molar-refractivity contribution in [1.82, 2.24) is 59.8 Å². The number of rotatable bonds is 26. The molecule has 0 radical (unpaired) electrons. The molecule has 2 aromatic carbocycles. The lowest BCUT2D eigenvalue weighted by Crippen LogP contribution is -2.51. The highest BCUT2D eigenvalue weighted by Gasteiger charge is 2.33. The van der Waals surface area contributed by atoms with E-state index < -0.39 is 30.4 Å². The molecule has 1 aliphatic rings. The molecule has 0 saturated carbocycles. The van der Waals surface area contributed by atoms with Crippen LogP contribution in [0.4, 0.5) is 0 Å². The Labute approximate surface area is 428 Å². The lowest BCUT2D eigenvalue weighted by molar-refractivity contribution is -0.154. The fraction of sp³-hybridized carbons (Fsp3) is 0.291. The van der Waals surface area contributed by atoms with Gasteiger partial charge < -0.3 is 20.1 Å². The number of benzene rings is 2. The lowest BCUT2D eigenvalue weighted by atomic mass is 9.96. The smallest absolute Gasteiger partial charge is 0.328 e. The fourth-order valence-corrected chi connectivity index (χ4v) is 8.87. The summed E-state index contributed by atoms with van der Waals surface area (Å²) in [4.78, 5) is 92.1. The normalized spacial score (nSPS) is 12.7. The molecule has 2 N–H and O–H groups in total. The number of fused-ring (bicyclic) bond motifs is 1. The van der Waals surface area contributed by atoms with Crippen LogP contribution in [0.15, 0.2) is 146 Å². The Kier molecular flexibility index (Phi) is 18.0. The largest absolute Gasteiger partial charge is 0.507 e. The van der Waals surface area contributed by atoms with E-state index in [0.29, 0.717) is 73.2 Å². The van der Waals surface area contributed by atoms with Crippen LogP contribution in [-0.2, 0) is 81.1 Å². The number of hydrogen-bond acceptors (Lipinski definition) is 15. The molecule has 0 bridgehead atoms. The summed E-state index contributed by atoms with van der Waals surface area (Å²) in [5.41, 5.74) is 6.24. The summed E-state index contributed by atoms with van der Waals surface area (Å²) < 4.78 is 6.93. The first-order valence-electron chi connectivity index (χ1n) is 24.4. The maximum Gasteiger partial charge on any atom is 0.328 e. The number of esters is 1. The maximum atomic E-state index is 14.5. The Hall–Kier alpha value is -8.55. The average Bonchev–Trinajstić information content (AvgIpc) is 3.99. The van der Waals surface area contributed by atoms with Crippen LogP contribution < -0.4 is 5.32 Å². The second-order valence-electron chi connectivity index (χ2n) is 17.9. The fourth-order valence-electron chi connectivity index (χ4n) is 8.87. The van der Waals surface area contributed by atoms with Gasteiger partial charge in [-0.05, 0) is 79.1 Å². The van der Waals surface area contributed by atoms with E-state index in [2.05, 4.69) is 45.4 Å². The number of nitrogens with one attached hydrogen (secondary N) is 1. The zero-order valence-electron chi connectivity index (χ0n) is 41.1. The van der Waals surface area contributed by atoms with Gasteiger partial charge in [0, 0.05) is 107 Å². The van der Waals surface area contributed by atoms with Gasteiger partial charge in [0.25, 0.3) is 11.8 Å². The molecule has 6 heterocycles. The minimum absolute atomic E-state index is 0.0449. The van der Waals surface area contributed by atoms with Gasteiger partial charge in [-0.25, -0.2) is 9.48 Å². The van der Waals surface area contributed by atoms with E-state index in [-0.39, 0.29) is 56.7 Å². The van der Waals surface area contributed by atoms with Crippen LogP contribution in [0.25, 0.3) is 11.0 Å². The van der Waals surface area contributed by atoms with Gasteiger partial charge in [0.15, 0.2) is 0 Å². The predicted octanol–water partition coefficient (Wildman–Crippen LogP) is 5.29. The van der Waals surface area contributed by atoms with Crippen LogP contribution in [0.3, 0.4) is 0 Å². The van der Waals surface area contributed by atoms with Crippen LogP contribution in [0.1, 0.15) is 65.1 Å². The molecule has 0 unspecified atom stereocenters. The summed E-state index contributed by atoms with van der Waals surface area (Å²) in [6.07, 6.45) is 10.5. The Morgan fingerprint density at radius 2 is 1.18 bits per heavy atom. The predicted molar refractivity (Wildman–Crippen MR) is 272 cm³/mol. The van der Waals surface area contributed by atoms with Crippen molar-refractivity contribution < 1.29 is 33.8 Å². The molecule has 19 heteroatoms. The van der Waals surface area contributed by atoms with E-state index in [9.17, 15) is 29.1 Å². The minimum atomic E-state index is -1.29. The summed E-state index contributed by atoms with van der Waals surface area (Å²) >= 11 is 0. The molecule has 1 aliphatic heterocycles. The van der Waals surface area contributed by atoms with Crippen molar-refractivity contribution in [2.75, 3.05) is 20.2 Å². The number of carbonyl (C=O) groups excluding carboxylic acids is 5. The van der Waals surface area contributed by atoms with Crippen LogP contribution in [-0.4, -0.2) is 115 Å². The first kappa shape index (κ1) is 51.8.